The van der Waals surface area contributed by atoms with Gasteiger partial charge in [-0.2, -0.15) is 16.8 Å². The Bertz CT molecular complexity index is 754. The van der Waals surface area contributed by atoms with Gasteiger partial charge in [0, 0.05) is 13.1 Å². The Labute approximate surface area is 155 Å². The largest absolute Gasteiger partial charge is 0.486 e. The summed E-state index contributed by atoms with van der Waals surface area (Å²) >= 11 is 0. The van der Waals surface area contributed by atoms with Crippen LogP contribution >= 0.6 is 0 Å². The highest BCUT2D eigenvalue weighted by molar-refractivity contribution is 7.86. The first-order valence-electron chi connectivity index (χ1n) is 7.48. The van der Waals surface area contributed by atoms with Crippen molar-refractivity contribution in [3.63, 3.8) is 0 Å². The maximum atomic E-state index is 11.1. The quantitative estimate of drug-likeness (QED) is 0.546. The summed E-state index contributed by atoms with van der Waals surface area (Å²) in [6, 6.07) is 5.30. The Morgan fingerprint density at radius 1 is 0.962 bits per heavy atom. The van der Waals surface area contributed by atoms with E-state index in [1.54, 1.807) is 23.1 Å². The van der Waals surface area contributed by atoms with Crippen LogP contribution in [0.1, 0.15) is 7.43 Å². The van der Waals surface area contributed by atoms with Crippen LogP contribution in [0.4, 0.5) is 5.69 Å². The van der Waals surface area contributed by atoms with Gasteiger partial charge < -0.3 is 14.4 Å². The van der Waals surface area contributed by atoms with Crippen LogP contribution in [-0.4, -0.2) is 68.9 Å². The Hall–Kier alpha value is -1.56. The maximum Gasteiger partial charge on any atom is 0.264 e. The van der Waals surface area contributed by atoms with Gasteiger partial charge in [-0.1, -0.05) is 13.5 Å². The van der Waals surface area contributed by atoms with E-state index < -0.39 is 20.2 Å². The van der Waals surface area contributed by atoms with Gasteiger partial charge in [-0.25, -0.2) is 0 Å². The summed E-state index contributed by atoms with van der Waals surface area (Å²) in [4.78, 5) is 1.73. The average Bonchev–Trinajstić information content (AvgIpc) is 2.51. The maximum absolute atomic E-state index is 11.1. The van der Waals surface area contributed by atoms with Gasteiger partial charge >= 0.3 is 0 Å². The number of fused-ring (bicyclic) bond motifs is 1. The van der Waals surface area contributed by atoms with E-state index in [-0.39, 0.29) is 33.7 Å². The standard InChI is InChI=1S/C14H21NO8S2.CH4/c1-24(16,17)22-8-6-15(7-9-23-25(2,18)19)12-4-3-5-13-14(12)21-11-10-20-13;/h3-5H,6-11H2,1-2H3;1H4. The van der Waals surface area contributed by atoms with Gasteiger partial charge in [-0.15, -0.1) is 0 Å². The Morgan fingerprint density at radius 2 is 1.50 bits per heavy atom. The molecule has 0 spiro atoms. The fourth-order valence-electron chi connectivity index (χ4n) is 2.26. The molecule has 0 bridgehead atoms. The van der Waals surface area contributed by atoms with Crippen molar-refractivity contribution >= 4 is 25.9 Å². The minimum atomic E-state index is -3.57. The molecule has 9 nitrogen and oxygen atoms in total. The van der Waals surface area contributed by atoms with Gasteiger partial charge in [-0.05, 0) is 12.1 Å². The van der Waals surface area contributed by atoms with Crippen molar-refractivity contribution < 1.29 is 34.7 Å². The average molecular weight is 411 g/mol. The first-order chi connectivity index (χ1) is 11.7. The van der Waals surface area contributed by atoms with Crippen LogP contribution in [0.25, 0.3) is 0 Å². The fraction of sp³-hybridized carbons (Fsp3) is 0.600. The highest BCUT2D eigenvalue weighted by Crippen LogP contribution is 2.39. The van der Waals surface area contributed by atoms with Gasteiger partial charge in [0.25, 0.3) is 20.2 Å². The normalized spacial score (nSPS) is 13.8. The number of anilines is 1. The van der Waals surface area contributed by atoms with Crippen molar-refractivity contribution in [3.8, 4) is 11.5 Å². The molecule has 1 aromatic carbocycles. The molecule has 1 heterocycles. The molecule has 1 aliphatic rings. The molecule has 1 aromatic rings. The first kappa shape index (κ1) is 22.5. The number of rotatable bonds is 9. The lowest BCUT2D eigenvalue weighted by Gasteiger charge is -2.29. The van der Waals surface area contributed by atoms with E-state index in [2.05, 4.69) is 0 Å². The molecule has 0 radical (unpaired) electrons. The van der Waals surface area contributed by atoms with Crippen LogP contribution in [0.5, 0.6) is 11.5 Å². The van der Waals surface area contributed by atoms with E-state index in [1.165, 1.54) is 0 Å². The van der Waals surface area contributed by atoms with Gasteiger partial charge in [0.05, 0.1) is 31.4 Å². The molecule has 0 aromatic heterocycles. The molecule has 0 unspecified atom stereocenters. The smallest absolute Gasteiger partial charge is 0.264 e. The molecule has 26 heavy (non-hydrogen) atoms. The second-order valence-electron chi connectivity index (χ2n) is 5.34. The first-order valence-corrected chi connectivity index (χ1v) is 11.1. The summed E-state index contributed by atoms with van der Waals surface area (Å²) in [7, 11) is -7.15. The van der Waals surface area contributed by atoms with E-state index >= 15 is 0 Å². The number of ether oxygens (including phenoxy) is 2. The van der Waals surface area contributed by atoms with Gasteiger partial charge in [0.2, 0.25) is 0 Å². The summed E-state index contributed by atoms with van der Waals surface area (Å²) in [5, 5.41) is 0. The van der Waals surface area contributed by atoms with E-state index in [1.807, 2.05) is 0 Å². The second kappa shape index (κ2) is 9.40. The van der Waals surface area contributed by atoms with Crippen molar-refractivity contribution in [3.05, 3.63) is 18.2 Å². The number of benzene rings is 1. The summed E-state index contributed by atoms with van der Waals surface area (Å²) in [5.74, 6) is 1.09. The van der Waals surface area contributed by atoms with Gasteiger partial charge in [0.1, 0.15) is 13.2 Å². The minimum absolute atomic E-state index is 0. The lowest BCUT2D eigenvalue weighted by Crippen LogP contribution is -2.33. The van der Waals surface area contributed by atoms with Crippen molar-refractivity contribution in [2.24, 2.45) is 0 Å². The van der Waals surface area contributed by atoms with E-state index in [0.717, 1.165) is 12.5 Å². The van der Waals surface area contributed by atoms with Crippen LogP contribution < -0.4 is 14.4 Å². The SMILES string of the molecule is C.CS(=O)(=O)OCCN(CCOS(C)(=O)=O)c1cccc2c1OCCO2. The summed E-state index contributed by atoms with van der Waals surface area (Å²) in [6.07, 6.45) is 1.93. The summed E-state index contributed by atoms with van der Waals surface area (Å²) in [5.41, 5.74) is 0.645. The molecule has 0 saturated heterocycles. The monoisotopic (exact) mass is 411 g/mol. The molecule has 11 heteroatoms. The molecule has 0 aliphatic carbocycles. The third-order valence-electron chi connectivity index (χ3n) is 3.20. The molecule has 0 fully saturated rings. The van der Waals surface area contributed by atoms with Crippen molar-refractivity contribution in [1.29, 1.82) is 0 Å². The van der Waals surface area contributed by atoms with Crippen LogP contribution in [-0.2, 0) is 28.6 Å². The third kappa shape index (κ3) is 7.36. The lowest BCUT2D eigenvalue weighted by atomic mass is 10.2. The Balaban J connectivity index is 0.00000338. The number of para-hydroxylation sites is 1. The molecule has 1 aliphatic heterocycles. The highest BCUT2D eigenvalue weighted by atomic mass is 32.2. The van der Waals surface area contributed by atoms with Crippen molar-refractivity contribution in [2.75, 3.05) is 56.9 Å². The number of hydrogen-bond donors (Lipinski definition) is 0. The molecule has 150 valence electrons. The van der Waals surface area contributed by atoms with E-state index in [4.69, 9.17) is 17.8 Å². The fourth-order valence-corrected chi connectivity index (χ4v) is 3.01. The Kier molecular flexibility index (Phi) is 8.13. The number of hydrogen-bond acceptors (Lipinski definition) is 9. The summed E-state index contributed by atoms with van der Waals surface area (Å²) in [6.45, 7) is 1.02. The molecule has 2 rings (SSSR count). The molecular weight excluding hydrogens is 386 g/mol. The lowest BCUT2D eigenvalue weighted by molar-refractivity contribution is 0.172. The Morgan fingerprint density at radius 3 is 2.04 bits per heavy atom. The molecule has 0 N–H and O–H groups in total. The molecule has 0 amide bonds. The number of nitrogens with zero attached hydrogens (tertiary/aromatic N) is 1. The zero-order valence-electron chi connectivity index (χ0n) is 14.0. The minimum Gasteiger partial charge on any atom is -0.486 e. The van der Waals surface area contributed by atoms with E-state index in [0.29, 0.717) is 30.4 Å². The highest BCUT2D eigenvalue weighted by Gasteiger charge is 2.20. The third-order valence-corrected chi connectivity index (χ3v) is 4.39. The zero-order chi connectivity index (χ0) is 18.5. The van der Waals surface area contributed by atoms with Crippen molar-refractivity contribution in [1.82, 2.24) is 0 Å². The van der Waals surface area contributed by atoms with Crippen LogP contribution in [0, 0.1) is 0 Å². The van der Waals surface area contributed by atoms with Crippen LogP contribution in [0.2, 0.25) is 0 Å². The van der Waals surface area contributed by atoms with Crippen LogP contribution in [0.3, 0.4) is 0 Å². The molecular formula is C15H25NO8S2. The summed E-state index contributed by atoms with van der Waals surface area (Å²) < 4.78 is 65.3. The van der Waals surface area contributed by atoms with Gasteiger partial charge in [-0.3, -0.25) is 8.37 Å². The van der Waals surface area contributed by atoms with Crippen molar-refractivity contribution in [2.45, 2.75) is 7.43 Å². The second-order valence-corrected chi connectivity index (χ2v) is 8.63. The molecule has 0 atom stereocenters. The zero-order valence-corrected chi connectivity index (χ0v) is 15.6. The predicted molar refractivity (Wildman–Crippen MR) is 98.0 cm³/mol. The molecule has 0 saturated carbocycles. The van der Waals surface area contributed by atoms with Gasteiger partial charge in [0.15, 0.2) is 11.5 Å². The van der Waals surface area contributed by atoms with Crippen LogP contribution in [0.15, 0.2) is 18.2 Å². The predicted octanol–water partition coefficient (Wildman–Crippen LogP) is 0.853. The topological polar surface area (TPSA) is 108 Å². The van der Waals surface area contributed by atoms with E-state index in [9.17, 15) is 16.8 Å².